The molecule has 0 bridgehead atoms. The van der Waals surface area contributed by atoms with Gasteiger partial charge in [-0.15, -0.1) is 0 Å². The average Bonchev–Trinajstić information content (AvgIpc) is 2.81. The molecule has 3 aliphatic rings. The maximum Gasteiger partial charge on any atom is 0.130 e. The van der Waals surface area contributed by atoms with Gasteiger partial charge in [-0.25, -0.2) is 0 Å². The van der Waals surface area contributed by atoms with Crippen LogP contribution in [-0.2, 0) is 4.79 Å². The largest absolute Gasteiger partial charge is 0.395 e. The summed E-state index contributed by atoms with van der Waals surface area (Å²) in [6, 6.07) is 1.76. The first-order chi connectivity index (χ1) is 9.20. The molecule has 0 aromatic rings. The number of ketones is 1. The van der Waals surface area contributed by atoms with Gasteiger partial charge in [0.1, 0.15) is 5.78 Å². The van der Waals surface area contributed by atoms with Gasteiger partial charge in [-0.05, 0) is 57.3 Å². The Bertz CT molecular complexity index is 338. The molecule has 2 heterocycles. The Hall–Kier alpha value is -0.410. The molecular formula is C16H27NO2. The van der Waals surface area contributed by atoms with Crippen molar-refractivity contribution in [3.63, 3.8) is 0 Å². The summed E-state index contributed by atoms with van der Waals surface area (Å²) in [4.78, 5) is 14.1. The molecule has 0 amide bonds. The van der Waals surface area contributed by atoms with Gasteiger partial charge in [-0.3, -0.25) is 4.90 Å². The van der Waals surface area contributed by atoms with Crippen molar-refractivity contribution in [1.82, 2.24) is 4.90 Å². The maximum atomic E-state index is 11.5. The van der Waals surface area contributed by atoms with Gasteiger partial charge in [0.2, 0.25) is 0 Å². The fraction of sp³-hybridized carbons (Fsp3) is 0.938. The smallest absolute Gasteiger partial charge is 0.130 e. The predicted molar refractivity (Wildman–Crippen MR) is 74.9 cm³/mol. The molecule has 0 unspecified atom stereocenters. The third-order valence-corrected chi connectivity index (χ3v) is 5.83. The molecule has 2 saturated heterocycles. The first kappa shape index (κ1) is 13.6. The number of Topliss-reactive ketones (excluding diaryl/α,β-unsaturated/α-hetero) is 1. The highest BCUT2D eigenvalue weighted by molar-refractivity contribution is 5.75. The number of aliphatic hydroxyl groups excluding tert-OH is 1. The third-order valence-electron chi connectivity index (χ3n) is 5.83. The van der Waals surface area contributed by atoms with E-state index in [1.165, 1.54) is 44.9 Å². The zero-order valence-corrected chi connectivity index (χ0v) is 12.1. The summed E-state index contributed by atoms with van der Waals surface area (Å²) in [5.74, 6) is 1.67. The van der Waals surface area contributed by atoms with Crippen LogP contribution in [0.4, 0.5) is 0 Å². The second kappa shape index (κ2) is 5.53. The maximum absolute atomic E-state index is 11.5. The lowest BCUT2D eigenvalue weighted by molar-refractivity contribution is -0.119. The van der Waals surface area contributed by atoms with Crippen LogP contribution >= 0.6 is 0 Å². The number of aliphatic hydroxyl groups is 1. The number of rotatable bonds is 3. The van der Waals surface area contributed by atoms with Gasteiger partial charge in [-0.1, -0.05) is 6.42 Å². The van der Waals surface area contributed by atoms with Crippen molar-refractivity contribution in [3.8, 4) is 0 Å². The highest BCUT2D eigenvalue weighted by Gasteiger charge is 2.47. The topological polar surface area (TPSA) is 40.5 Å². The second-order valence-corrected chi connectivity index (χ2v) is 6.92. The summed E-state index contributed by atoms with van der Waals surface area (Å²) in [7, 11) is 0. The molecular weight excluding hydrogens is 238 g/mol. The van der Waals surface area contributed by atoms with E-state index < -0.39 is 0 Å². The first-order valence-electron chi connectivity index (χ1n) is 8.08. The molecule has 0 aromatic heterocycles. The standard InChI is InChI=1S/C16H27NO2/c1-11(19)9-12-3-2-4-16-15(12)8-7-13-5-6-14(10-18)17(13)16/h12-16,18H,2-10H2,1H3/t12-,13+,14-,15-,16+/m0/s1. The average molecular weight is 265 g/mol. The van der Waals surface area contributed by atoms with E-state index >= 15 is 0 Å². The van der Waals surface area contributed by atoms with Crippen molar-refractivity contribution in [2.45, 2.75) is 76.4 Å². The van der Waals surface area contributed by atoms with Gasteiger partial charge < -0.3 is 9.90 Å². The van der Waals surface area contributed by atoms with Crippen LogP contribution in [-0.4, -0.2) is 40.5 Å². The van der Waals surface area contributed by atoms with Crippen LogP contribution in [0.1, 0.15) is 58.3 Å². The minimum absolute atomic E-state index is 0.317. The lowest BCUT2D eigenvalue weighted by atomic mass is 9.68. The number of carbonyl (C=O) groups is 1. The van der Waals surface area contributed by atoms with Crippen LogP contribution < -0.4 is 0 Å². The number of nitrogens with zero attached hydrogens (tertiary/aromatic N) is 1. The minimum atomic E-state index is 0.317. The van der Waals surface area contributed by atoms with Gasteiger partial charge in [0.05, 0.1) is 6.61 Å². The lowest BCUT2D eigenvalue weighted by Crippen LogP contribution is -2.55. The Morgan fingerprint density at radius 2 is 1.95 bits per heavy atom. The fourth-order valence-electron chi connectivity index (χ4n) is 5.14. The first-order valence-corrected chi connectivity index (χ1v) is 8.08. The Morgan fingerprint density at radius 3 is 2.68 bits per heavy atom. The zero-order valence-electron chi connectivity index (χ0n) is 12.1. The van der Waals surface area contributed by atoms with Crippen LogP contribution in [0.25, 0.3) is 0 Å². The van der Waals surface area contributed by atoms with E-state index in [4.69, 9.17) is 0 Å². The van der Waals surface area contributed by atoms with Crippen LogP contribution in [0.3, 0.4) is 0 Å². The van der Waals surface area contributed by atoms with E-state index in [-0.39, 0.29) is 0 Å². The van der Waals surface area contributed by atoms with Gasteiger partial charge in [-0.2, -0.15) is 0 Å². The van der Waals surface area contributed by atoms with Crippen LogP contribution in [0, 0.1) is 11.8 Å². The molecule has 3 nitrogen and oxygen atoms in total. The third kappa shape index (κ3) is 2.47. The van der Waals surface area contributed by atoms with Crippen molar-refractivity contribution in [2.24, 2.45) is 11.8 Å². The predicted octanol–water partition coefficient (Wildman–Crippen LogP) is 2.37. The molecule has 0 aromatic carbocycles. The molecule has 0 radical (unpaired) electrons. The normalized spacial score (nSPS) is 42.7. The molecule has 108 valence electrons. The quantitative estimate of drug-likeness (QED) is 0.851. The summed E-state index contributed by atoms with van der Waals surface area (Å²) in [6.07, 6.45) is 9.60. The van der Waals surface area contributed by atoms with Gasteiger partial charge in [0.25, 0.3) is 0 Å². The molecule has 1 saturated carbocycles. The van der Waals surface area contributed by atoms with E-state index in [1.54, 1.807) is 6.92 Å². The summed E-state index contributed by atoms with van der Waals surface area (Å²) in [6.45, 7) is 2.05. The number of hydrogen-bond acceptors (Lipinski definition) is 3. The molecule has 1 N–H and O–H groups in total. The molecule has 3 fully saturated rings. The van der Waals surface area contributed by atoms with Crippen LogP contribution in [0.5, 0.6) is 0 Å². The van der Waals surface area contributed by atoms with Crippen molar-refractivity contribution in [2.75, 3.05) is 6.61 Å². The summed E-state index contributed by atoms with van der Waals surface area (Å²) < 4.78 is 0. The summed E-state index contributed by atoms with van der Waals surface area (Å²) in [5, 5.41) is 9.61. The van der Waals surface area contributed by atoms with Gasteiger partial charge in [0, 0.05) is 24.5 Å². The Balaban J connectivity index is 1.76. The monoisotopic (exact) mass is 265 g/mol. The number of hydrogen-bond donors (Lipinski definition) is 1. The van der Waals surface area contributed by atoms with Crippen molar-refractivity contribution in [1.29, 1.82) is 0 Å². The molecule has 2 aliphatic heterocycles. The van der Waals surface area contributed by atoms with E-state index in [2.05, 4.69) is 4.90 Å². The molecule has 5 atom stereocenters. The second-order valence-electron chi connectivity index (χ2n) is 6.92. The molecule has 1 aliphatic carbocycles. The van der Waals surface area contributed by atoms with Crippen LogP contribution in [0.15, 0.2) is 0 Å². The van der Waals surface area contributed by atoms with Gasteiger partial charge >= 0.3 is 0 Å². The molecule has 3 heteroatoms. The fourth-order valence-corrected chi connectivity index (χ4v) is 5.14. The van der Waals surface area contributed by atoms with E-state index in [1.807, 2.05) is 0 Å². The van der Waals surface area contributed by atoms with Gasteiger partial charge in [0.15, 0.2) is 0 Å². The summed E-state index contributed by atoms with van der Waals surface area (Å²) in [5.41, 5.74) is 0. The van der Waals surface area contributed by atoms with E-state index in [0.717, 1.165) is 12.5 Å². The zero-order chi connectivity index (χ0) is 13.4. The van der Waals surface area contributed by atoms with Crippen molar-refractivity contribution < 1.29 is 9.90 Å². The van der Waals surface area contributed by atoms with Crippen molar-refractivity contribution >= 4 is 5.78 Å². The molecule has 19 heavy (non-hydrogen) atoms. The SMILES string of the molecule is CC(=O)C[C@@H]1CCC[C@@H]2[C@H]1CC[C@H]1CC[C@@H](CO)N12. The number of piperidine rings is 1. The Kier molecular flexibility index (Phi) is 3.95. The summed E-state index contributed by atoms with van der Waals surface area (Å²) >= 11 is 0. The Morgan fingerprint density at radius 1 is 1.16 bits per heavy atom. The van der Waals surface area contributed by atoms with Crippen molar-refractivity contribution in [3.05, 3.63) is 0 Å². The van der Waals surface area contributed by atoms with Crippen LogP contribution in [0.2, 0.25) is 0 Å². The number of fused-ring (bicyclic) bond motifs is 3. The highest BCUT2D eigenvalue weighted by atomic mass is 16.3. The van der Waals surface area contributed by atoms with E-state index in [0.29, 0.717) is 36.3 Å². The Labute approximate surface area is 116 Å². The lowest BCUT2D eigenvalue weighted by Gasteiger charge is -2.50. The number of carbonyl (C=O) groups excluding carboxylic acids is 1. The molecule has 0 spiro atoms. The minimum Gasteiger partial charge on any atom is -0.395 e. The highest BCUT2D eigenvalue weighted by Crippen LogP contribution is 2.46. The molecule has 3 rings (SSSR count). The van der Waals surface area contributed by atoms with E-state index in [9.17, 15) is 9.90 Å².